The van der Waals surface area contributed by atoms with Crippen molar-refractivity contribution in [2.75, 3.05) is 26.7 Å². The first-order chi connectivity index (χ1) is 8.28. The van der Waals surface area contributed by atoms with Gasteiger partial charge >= 0.3 is 0 Å². The van der Waals surface area contributed by atoms with E-state index < -0.39 is 0 Å². The third-order valence-electron chi connectivity index (χ3n) is 3.66. The van der Waals surface area contributed by atoms with Crippen LogP contribution >= 0.6 is 0 Å². The fourth-order valence-electron chi connectivity index (χ4n) is 2.65. The highest BCUT2D eigenvalue weighted by molar-refractivity contribution is 5.09. The lowest BCUT2D eigenvalue weighted by Crippen LogP contribution is -2.37. The second-order valence-electron chi connectivity index (χ2n) is 5.25. The number of aryl methyl sites for hydroxylation is 1. The smallest absolute Gasteiger partial charge is 0.0220 e. The molecule has 1 aliphatic heterocycles. The van der Waals surface area contributed by atoms with E-state index in [1.54, 1.807) is 0 Å². The van der Waals surface area contributed by atoms with Crippen LogP contribution in [0.4, 0.5) is 0 Å². The minimum Gasteiger partial charge on any atom is -0.354 e. The second-order valence-corrected chi connectivity index (χ2v) is 5.25. The molecule has 0 spiro atoms. The minimum absolute atomic E-state index is 0.835. The molecule has 96 valence electrons. The van der Waals surface area contributed by atoms with Crippen LogP contribution in [-0.2, 0) is 13.1 Å². The Kier molecular flexibility index (Phi) is 4.63. The van der Waals surface area contributed by atoms with E-state index in [0.29, 0.717) is 0 Å². The predicted molar refractivity (Wildman–Crippen MR) is 72.0 cm³/mol. The van der Waals surface area contributed by atoms with E-state index in [0.717, 1.165) is 25.6 Å². The molecule has 17 heavy (non-hydrogen) atoms. The molecule has 0 amide bonds. The molecule has 1 fully saturated rings. The third kappa shape index (κ3) is 3.86. The van der Waals surface area contributed by atoms with Gasteiger partial charge in [0.05, 0.1) is 0 Å². The van der Waals surface area contributed by atoms with Crippen LogP contribution in [0.5, 0.6) is 0 Å². The van der Waals surface area contributed by atoms with Crippen LogP contribution in [0, 0.1) is 5.92 Å². The normalized spacial score (nSPS) is 21.9. The van der Waals surface area contributed by atoms with E-state index in [1.165, 1.54) is 31.5 Å². The topological polar surface area (TPSA) is 20.2 Å². The molecule has 1 saturated heterocycles. The molecule has 2 heterocycles. The first-order valence-electron chi connectivity index (χ1n) is 6.82. The highest BCUT2D eigenvalue weighted by Gasteiger charge is 2.16. The molecule has 1 aromatic heterocycles. The Morgan fingerprint density at radius 3 is 3.06 bits per heavy atom. The quantitative estimate of drug-likeness (QED) is 0.841. The summed E-state index contributed by atoms with van der Waals surface area (Å²) in [6, 6.07) is 2.21. The molecular weight excluding hydrogens is 210 g/mol. The zero-order chi connectivity index (χ0) is 12.1. The number of hydrogen-bond donors (Lipinski definition) is 1. The average molecular weight is 235 g/mol. The van der Waals surface area contributed by atoms with Crippen LogP contribution < -0.4 is 5.32 Å². The van der Waals surface area contributed by atoms with Crippen LogP contribution in [-0.4, -0.2) is 36.1 Å². The number of likely N-dealkylation sites (tertiary alicyclic amines) is 1. The molecule has 3 heteroatoms. The number of nitrogens with zero attached hydrogens (tertiary/aromatic N) is 2. The van der Waals surface area contributed by atoms with E-state index in [1.807, 2.05) is 0 Å². The third-order valence-corrected chi connectivity index (χ3v) is 3.66. The molecule has 2 rings (SSSR count). The van der Waals surface area contributed by atoms with E-state index in [2.05, 4.69) is 47.2 Å². The summed E-state index contributed by atoms with van der Waals surface area (Å²) in [5.74, 6) is 0.835. The van der Waals surface area contributed by atoms with Gasteiger partial charge in [0, 0.05) is 32.0 Å². The Bertz CT molecular complexity index is 332. The zero-order valence-electron chi connectivity index (χ0n) is 11.2. The first kappa shape index (κ1) is 12.7. The van der Waals surface area contributed by atoms with Crippen LogP contribution in [0.25, 0.3) is 0 Å². The van der Waals surface area contributed by atoms with Crippen molar-refractivity contribution < 1.29 is 0 Å². The van der Waals surface area contributed by atoms with Gasteiger partial charge in [-0.25, -0.2) is 0 Å². The van der Waals surface area contributed by atoms with Gasteiger partial charge in [0.2, 0.25) is 0 Å². The van der Waals surface area contributed by atoms with E-state index in [4.69, 9.17) is 0 Å². The lowest BCUT2D eigenvalue weighted by Gasteiger charge is -2.29. The van der Waals surface area contributed by atoms with Gasteiger partial charge in [-0.3, -0.25) is 0 Å². The summed E-state index contributed by atoms with van der Waals surface area (Å²) in [4.78, 5) is 2.45. The molecule has 1 atom stereocenters. The maximum absolute atomic E-state index is 3.59. The summed E-state index contributed by atoms with van der Waals surface area (Å²) in [5, 5.41) is 3.59. The number of piperidine rings is 1. The lowest BCUT2D eigenvalue weighted by atomic mass is 9.98. The number of rotatable bonds is 5. The fourth-order valence-corrected chi connectivity index (χ4v) is 2.65. The highest BCUT2D eigenvalue weighted by atomic mass is 15.1. The molecule has 1 aliphatic rings. The molecule has 1 N–H and O–H groups in total. The molecule has 1 unspecified atom stereocenters. The number of hydrogen-bond acceptors (Lipinski definition) is 2. The van der Waals surface area contributed by atoms with Crippen molar-refractivity contribution in [3.63, 3.8) is 0 Å². The van der Waals surface area contributed by atoms with Gasteiger partial charge in [-0.1, -0.05) is 0 Å². The van der Waals surface area contributed by atoms with Crippen LogP contribution in [0.3, 0.4) is 0 Å². The minimum atomic E-state index is 0.835. The van der Waals surface area contributed by atoms with E-state index in [9.17, 15) is 0 Å². The summed E-state index contributed by atoms with van der Waals surface area (Å²) in [6.07, 6.45) is 7.13. The van der Waals surface area contributed by atoms with Crippen LogP contribution in [0.1, 0.15) is 25.3 Å². The monoisotopic (exact) mass is 235 g/mol. The molecule has 0 bridgehead atoms. The van der Waals surface area contributed by atoms with Gasteiger partial charge in [0.15, 0.2) is 0 Å². The van der Waals surface area contributed by atoms with Gasteiger partial charge in [0.1, 0.15) is 0 Å². The Labute approximate surface area is 105 Å². The molecule has 0 radical (unpaired) electrons. The molecular formula is C14H25N3. The molecule has 0 aromatic carbocycles. The van der Waals surface area contributed by atoms with Crippen molar-refractivity contribution in [3.05, 3.63) is 24.0 Å². The van der Waals surface area contributed by atoms with Crippen molar-refractivity contribution in [3.8, 4) is 0 Å². The SMILES string of the molecule is CCn1ccc(CNCC2CCCN(C)C2)c1. The van der Waals surface area contributed by atoms with E-state index in [-0.39, 0.29) is 0 Å². The van der Waals surface area contributed by atoms with Gasteiger partial charge in [-0.15, -0.1) is 0 Å². The molecule has 1 aromatic rings. The Morgan fingerprint density at radius 1 is 1.47 bits per heavy atom. The maximum atomic E-state index is 3.59. The van der Waals surface area contributed by atoms with Crippen molar-refractivity contribution in [1.29, 1.82) is 0 Å². The Balaban J connectivity index is 1.68. The Hall–Kier alpha value is -0.800. The van der Waals surface area contributed by atoms with Crippen molar-refractivity contribution in [2.45, 2.75) is 32.9 Å². The summed E-state index contributed by atoms with van der Waals surface area (Å²) >= 11 is 0. The predicted octanol–water partition coefficient (Wildman–Crippen LogP) is 1.94. The largest absolute Gasteiger partial charge is 0.354 e. The fraction of sp³-hybridized carbons (Fsp3) is 0.714. The van der Waals surface area contributed by atoms with Crippen LogP contribution in [0.15, 0.2) is 18.5 Å². The van der Waals surface area contributed by atoms with Gasteiger partial charge < -0.3 is 14.8 Å². The first-order valence-corrected chi connectivity index (χ1v) is 6.82. The zero-order valence-corrected chi connectivity index (χ0v) is 11.2. The number of aromatic nitrogens is 1. The van der Waals surface area contributed by atoms with E-state index >= 15 is 0 Å². The summed E-state index contributed by atoms with van der Waals surface area (Å²) in [6.45, 7) is 7.93. The lowest BCUT2D eigenvalue weighted by molar-refractivity contribution is 0.206. The van der Waals surface area contributed by atoms with Gasteiger partial charge in [-0.05, 0) is 57.5 Å². The van der Waals surface area contributed by atoms with Crippen molar-refractivity contribution in [1.82, 2.24) is 14.8 Å². The van der Waals surface area contributed by atoms with Crippen LogP contribution in [0.2, 0.25) is 0 Å². The number of nitrogens with one attached hydrogen (secondary N) is 1. The summed E-state index contributed by atoms with van der Waals surface area (Å²) in [5.41, 5.74) is 1.40. The summed E-state index contributed by atoms with van der Waals surface area (Å²) in [7, 11) is 2.23. The second kappa shape index (κ2) is 6.22. The molecule has 0 aliphatic carbocycles. The Morgan fingerprint density at radius 2 is 2.35 bits per heavy atom. The van der Waals surface area contributed by atoms with Crippen molar-refractivity contribution in [2.24, 2.45) is 5.92 Å². The van der Waals surface area contributed by atoms with Gasteiger partial charge in [-0.2, -0.15) is 0 Å². The maximum Gasteiger partial charge on any atom is 0.0220 e. The highest BCUT2D eigenvalue weighted by Crippen LogP contribution is 2.14. The molecule has 3 nitrogen and oxygen atoms in total. The average Bonchev–Trinajstić information content (AvgIpc) is 2.77. The van der Waals surface area contributed by atoms with Gasteiger partial charge in [0.25, 0.3) is 0 Å². The standard InChI is InChI=1S/C14H25N3/c1-3-17-8-6-14(12-17)10-15-9-13-5-4-7-16(2)11-13/h6,8,12-13,15H,3-5,7,9-11H2,1-2H3. The molecule has 0 saturated carbocycles. The van der Waals surface area contributed by atoms with Crippen molar-refractivity contribution >= 4 is 0 Å². The summed E-state index contributed by atoms with van der Waals surface area (Å²) < 4.78 is 2.23.